The van der Waals surface area contributed by atoms with Crippen molar-refractivity contribution in [1.82, 2.24) is 19.6 Å². The van der Waals surface area contributed by atoms with Gasteiger partial charge in [-0.2, -0.15) is 9.50 Å². The number of carbonyl (C=O) groups excluding carboxylic acids is 2. The minimum Gasteiger partial charge on any atom is -0.477 e. The molecule has 30 heavy (non-hydrogen) atoms. The van der Waals surface area contributed by atoms with Gasteiger partial charge in [0.2, 0.25) is 5.95 Å². The lowest BCUT2D eigenvalue weighted by Crippen LogP contribution is -2.13. The summed E-state index contributed by atoms with van der Waals surface area (Å²) < 4.78 is 10.1. The molecular formula is C18H20N6O6. The van der Waals surface area contributed by atoms with Crippen molar-refractivity contribution in [3.05, 3.63) is 52.8 Å². The molecule has 2 aromatic heterocycles. The number of hydrogen-bond donors (Lipinski definition) is 3. The van der Waals surface area contributed by atoms with Gasteiger partial charge in [-0.05, 0) is 24.6 Å². The first-order valence-electron chi connectivity index (χ1n) is 8.46. The summed E-state index contributed by atoms with van der Waals surface area (Å²) in [5.41, 5.74) is 12.1. The molecule has 12 nitrogen and oxygen atoms in total. The monoisotopic (exact) mass is 416 g/mol. The number of aromatic carboxylic acids is 1. The van der Waals surface area contributed by atoms with Gasteiger partial charge in [-0.3, -0.25) is 0 Å². The standard InChI is InChI=1S/C10H13NO2.C8H7N5O4/c1-7(11)8-3-5-9(6-4-8)10(12)13-2;1-17-6(16)4-2-3(5(14)15)10-8-11-7(9)12-13(4)8/h3-7H,11H2,1-2H3;2H,1H3,(H2,9,12)(H,14,15)/t7-;/m0./s1. The number of esters is 2. The summed E-state index contributed by atoms with van der Waals surface area (Å²) in [6.45, 7) is 1.90. The number of fused-ring (bicyclic) bond motifs is 1. The van der Waals surface area contributed by atoms with Crippen LogP contribution >= 0.6 is 0 Å². The Hall–Kier alpha value is -4.06. The molecule has 158 valence electrons. The van der Waals surface area contributed by atoms with Crippen molar-refractivity contribution >= 4 is 29.6 Å². The number of ether oxygens (including phenoxy) is 2. The molecule has 0 aliphatic rings. The summed E-state index contributed by atoms with van der Waals surface area (Å²) in [7, 11) is 2.52. The van der Waals surface area contributed by atoms with E-state index in [1.54, 1.807) is 12.1 Å². The van der Waals surface area contributed by atoms with Gasteiger partial charge in [0.1, 0.15) is 0 Å². The van der Waals surface area contributed by atoms with Crippen molar-refractivity contribution in [2.75, 3.05) is 20.0 Å². The number of anilines is 1. The molecule has 0 aliphatic carbocycles. The molecule has 0 unspecified atom stereocenters. The van der Waals surface area contributed by atoms with Crippen molar-refractivity contribution in [2.24, 2.45) is 5.73 Å². The third-order valence-corrected chi connectivity index (χ3v) is 3.80. The molecule has 5 N–H and O–H groups in total. The number of nitrogen functional groups attached to an aromatic ring is 1. The summed E-state index contributed by atoms with van der Waals surface area (Å²) in [5, 5.41) is 12.5. The second kappa shape index (κ2) is 9.43. The van der Waals surface area contributed by atoms with Crippen molar-refractivity contribution in [3.8, 4) is 0 Å². The van der Waals surface area contributed by atoms with E-state index >= 15 is 0 Å². The zero-order valence-electron chi connectivity index (χ0n) is 16.4. The molecule has 2 heterocycles. The summed E-state index contributed by atoms with van der Waals surface area (Å²) >= 11 is 0. The third-order valence-electron chi connectivity index (χ3n) is 3.80. The predicted molar refractivity (Wildman–Crippen MR) is 104 cm³/mol. The smallest absolute Gasteiger partial charge is 0.356 e. The lowest BCUT2D eigenvalue weighted by Gasteiger charge is -2.05. The van der Waals surface area contributed by atoms with Gasteiger partial charge in [-0.15, -0.1) is 5.10 Å². The van der Waals surface area contributed by atoms with Crippen LogP contribution < -0.4 is 11.5 Å². The van der Waals surface area contributed by atoms with Crippen LogP contribution in [-0.2, 0) is 9.47 Å². The number of methoxy groups -OCH3 is 2. The molecule has 0 spiro atoms. The zero-order valence-corrected chi connectivity index (χ0v) is 16.4. The first-order valence-corrected chi connectivity index (χ1v) is 8.46. The van der Waals surface area contributed by atoms with Crippen LogP contribution in [-0.4, -0.2) is 56.8 Å². The number of nitrogens with two attached hydrogens (primary N) is 2. The zero-order chi connectivity index (χ0) is 22.4. The van der Waals surface area contributed by atoms with Gasteiger partial charge in [-0.25, -0.2) is 19.4 Å². The van der Waals surface area contributed by atoms with E-state index in [4.69, 9.17) is 16.6 Å². The van der Waals surface area contributed by atoms with Crippen molar-refractivity contribution in [1.29, 1.82) is 0 Å². The average molecular weight is 416 g/mol. The molecule has 0 amide bonds. The van der Waals surface area contributed by atoms with E-state index in [9.17, 15) is 14.4 Å². The Morgan fingerprint density at radius 2 is 1.67 bits per heavy atom. The fraction of sp³-hybridized carbons (Fsp3) is 0.222. The topological polar surface area (TPSA) is 185 Å². The molecule has 12 heteroatoms. The number of carbonyl (C=O) groups is 3. The molecule has 0 saturated heterocycles. The van der Waals surface area contributed by atoms with Crippen LogP contribution in [0.25, 0.3) is 5.78 Å². The molecule has 0 saturated carbocycles. The van der Waals surface area contributed by atoms with E-state index in [1.165, 1.54) is 7.11 Å². The van der Waals surface area contributed by atoms with E-state index in [0.29, 0.717) is 5.56 Å². The highest BCUT2D eigenvalue weighted by atomic mass is 16.5. The van der Waals surface area contributed by atoms with Crippen LogP contribution in [0.3, 0.4) is 0 Å². The minimum absolute atomic E-state index is 0.00769. The fourth-order valence-corrected chi connectivity index (χ4v) is 2.28. The lowest BCUT2D eigenvalue weighted by molar-refractivity contribution is 0.0585. The Bertz CT molecular complexity index is 1080. The van der Waals surface area contributed by atoms with Crippen molar-refractivity contribution in [2.45, 2.75) is 13.0 Å². The Morgan fingerprint density at radius 3 is 2.17 bits per heavy atom. The molecule has 0 aliphatic heterocycles. The van der Waals surface area contributed by atoms with Crippen LogP contribution in [0.5, 0.6) is 0 Å². The van der Waals surface area contributed by atoms with Crippen LogP contribution in [0.4, 0.5) is 5.95 Å². The summed E-state index contributed by atoms with van der Waals surface area (Å²) in [6.07, 6.45) is 0. The quantitative estimate of drug-likeness (QED) is 0.508. The third kappa shape index (κ3) is 5.05. The highest BCUT2D eigenvalue weighted by molar-refractivity contribution is 5.92. The minimum atomic E-state index is -1.29. The van der Waals surface area contributed by atoms with E-state index < -0.39 is 11.9 Å². The molecule has 1 aromatic carbocycles. The Morgan fingerprint density at radius 1 is 1.07 bits per heavy atom. The maximum absolute atomic E-state index is 11.4. The van der Waals surface area contributed by atoms with Crippen LogP contribution in [0.2, 0.25) is 0 Å². The SMILES string of the molecule is COC(=O)c1cc(C(=O)O)nc2nc(N)nn12.COC(=O)c1ccc([C@H](C)N)cc1. The van der Waals surface area contributed by atoms with Gasteiger partial charge in [0.05, 0.1) is 19.8 Å². The molecule has 0 bridgehead atoms. The number of aromatic nitrogens is 4. The molecular weight excluding hydrogens is 396 g/mol. The van der Waals surface area contributed by atoms with Crippen LogP contribution in [0.1, 0.15) is 49.9 Å². The van der Waals surface area contributed by atoms with Crippen LogP contribution in [0, 0.1) is 0 Å². The van der Waals surface area contributed by atoms with Gasteiger partial charge in [0, 0.05) is 12.1 Å². The number of carboxylic acid groups (broad SMARTS) is 1. The number of benzene rings is 1. The lowest BCUT2D eigenvalue weighted by atomic mass is 10.1. The largest absolute Gasteiger partial charge is 0.477 e. The fourth-order valence-electron chi connectivity index (χ4n) is 2.28. The van der Waals surface area contributed by atoms with Gasteiger partial charge >= 0.3 is 17.9 Å². The van der Waals surface area contributed by atoms with E-state index in [2.05, 4.69) is 24.5 Å². The maximum Gasteiger partial charge on any atom is 0.356 e. The average Bonchev–Trinajstić information content (AvgIpc) is 3.12. The van der Waals surface area contributed by atoms with E-state index in [0.717, 1.165) is 23.3 Å². The number of hydrogen-bond acceptors (Lipinski definition) is 10. The normalized spacial score (nSPS) is 11.2. The van der Waals surface area contributed by atoms with Crippen molar-refractivity contribution in [3.63, 3.8) is 0 Å². The van der Waals surface area contributed by atoms with Gasteiger partial charge in [0.15, 0.2) is 11.4 Å². The molecule has 3 aromatic rings. The molecule has 0 radical (unpaired) electrons. The number of nitrogens with zero attached hydrogens (tertiary/aromatic N) is 4. The summed E-state index contributed by atoms with van der Waals surface area (Å²) in [4.78, 5) is 40.6. The first kappa shape index (κ1) is 22.2. The highest BCUT2D eigenvalue weighted by Gasteiger charge is 2.19. The Labute approximate surface area is 170 Å². The van der Waals surface area contributed by atoms with Gasteiger partial charge in [0.25, 0.3) is 5.78 Å². The molecule has 0 fully saturated rings. The Kier molecular flexibility index (Phi) is 6.99. The highest BCUT2D eigenvalue weighted by Crippen LogP contribution is 2.11. The Balaban J connectivity index is 0.000000222. The van der Waals surface area contributed by atoms with Gasteiger partial charge < -0.3 is 26.0 Å². The molecule has 3 rings (SSSR count). The van der Waals surface area contributed by atoms with Crippen LogP contribution in [0.15, 0.2) is 30.3 Å². The second-order valence-electron chi connectivity index (χ2n) is 5.91. The number of rotatable bonds is 4. The first-order chi connectivity index (χ1) is 14.2. The second-order valence-corrected chi connectivity index (χ2v) is 5.91. The van der Waals surface area contributed by atoms with Gasteiger partial charge in [-0.1, -0.05) is 12.1 Å². The maximum atomic E-state index is 11.4. The number of carboxylic acids is 1. The van der Waals surface area contributed by atoms with E-state index in [-0.39, 0.29) is 35.1 Å². The molecule has 1 atom stereocenters. The summed E-state index contributed by atoms with van der Waals surface area (Å²) in [5.74, 6) is -2.58. The van der Waals surface area contributed by atoms with Crippen molar-refractivity contribution < 1.29 is 29.0 Å². The predicted octanol–water partition coefficient (Wildman–Crippen LogP) is 0.684. The summed E-state index contributed by atoms with van der Waals surface area (Å²) in [6, 6.07) is 8.12. The van der Waals surface area contributed by atoms with E-state index in [1.807, 2.05) is 19.1 Å².